The molecule has 0 radical (unpaired) electrons. The van der Waals surface area contributed by atoms with E-state index in [9.17, 15) is 8.42 Å². The molecule has 1 atom stereocenters. The minimum absolute atomic E-state index is 0.0634. The van der Waals surface area contributed by atoms with Crippen molar-refractivity contribution in [1.82, 2.24) is 0 Å². The third-order valence-corrected chi connectivity index (χ3v) is 4.07. The molecule has 0 aliphatic carbocycles. The summed E-state index contributed by atoms with van der Waals surface area (Å²) in [6, 6.07) is 0. The largest absolute Gasteiger partial charge is 0.333 e. The Morgan fingerprint density at radius 1 is 1.31 bits per heavy atom. The van der Waals surface area contributed by atoms with Crippen molar-refractivity contribution < 1.29 is 26.2 Å². The molecule has 2 aliphatic heterocycles. The molecule has 8 heteroatoms. The molecule has 0 aromatic carbocycles. The van der Waals surface area contributed by atoms with Gasteiger partial charge in [-0.15, -0.1) is 0 Å². The van der Waals surface area contributed by atoms with Gasteiger partial charge in [0.05, 0.1) is 19.8 Å². The molecule has 2 saturated heterocycles. The first-order chi connectivity index (χ1) is 6.16. The van der Waals surface area contributed by atoms with Crippen LogP contribution in [0.1, 0.15) is 0 Å². The van der Waals surface area contributed by atoms with Crippen molar-refractivity contribution in [2.45, 2.75) is 6.10 Å². The highest BCUT2D eigenvalue weighted by Gasteiger charge is 2.34. The summed E-state index contributed by atoms with van der Waals surface area (Å²) in [5.41, 5.74) is 0. The van der Waals surface area contributed by atoms with E-state index >= 15 is 0 Å². The van der Waals surface area contributed by atoms with E-state index in [4.69, 9.17) is 13.6 Å². The lowest BCUT2D eigenvalue weighted by molar-refractivity contribution is 0.154. The van der Waals surface area contributed by atoms with Gasteiger partial charge in [0.15, 0.2) is 0 Å². The molecule has 2 aliphatic rings. The zero-order valence-electron chi connectivity index (χ0n) is 6.71. The van der Waals surface area contributed by atoms with E-state index in [1.807, 2.05) is 0 Å². The van der Waals surface area contributed by atoms with E-state index < -0.39 is 24.8 Å². The Morgan fingerprint density at radius 3 is 2.54 bits per heavy atom. The third-order valence-electron chi connectivity index (χ3n) is 1.54. The Kier molecular flexibility index (Phi) is 2.83. The summed E-state index contributed by atoms with van der Waals surface area (Å²) in [6.07, 6.45) is -0.450. The Morgan fingerprint density at radius 2 is 2.00 bits per heavy atom. The van der Waals surface area contributed by atoms with Crippen LogP contribution in [0.4, 0.5) is 0 Å². The highest BCUT2D eigenvalue weighted by molar-refractivity contribution is 7.87. The standard InChI is InChI=1S/C5H9O6PS/c6-13(7)4-5(3-10-13)11-12-8-1-2-9-12/h5H,1-4H2. The van der Waals surface area contributed by atoms with Gasteiger partial charge in [0.1, 0.15) is 11.9 Å². The fraction of sp³-hybridized carbons (Fsp3) is 1.00. The fourth-order valence-corrected chi connectivity index (χ4v) is 3.21. The van der Waals surface area contributed by atoms with Crippen molar-refractivity contribution in [1.29, 1.82) is 0 Å². The van der Waals surface area contributed by atoms with Crippen LogP contribution in [0.25, 0.3) is 0 Å². The van der Waals surface area contributed by atoms with Crippen LogP contribution < -0.4 is 0 Å². The zero-order chi connectivity index (χ0) is 9.31. The molecule has 0 amide bonds. The summed E-state index contributed by atoms with van der Waals surface area (Å²) in [5, 5.41) is 0. The van der Waals surface area contributed by atoms with Crippen molar-refractivity contribution in [2.24, 2.45) is 0 Å². The molecule has 0 spiro atoms. The minimum atomic E-state index is -3.36. The Bertz CT molecular complexity index is 271. The van der Waals surface area contributed by atoms with Gasteiger partial charge in [-0.3, -0.25) is 4.18 Å². The summed E-state index contributed by atoms with van der Waals surface area (Å²) in [7, 11) is -4.70. The first kappa shape index (κ1) is 9.76. The van der Waals surface area contributed by atoms with Gasteiger partial charge >= 0.3 is 8.60 Å². The smallest absolute Gasteiger partial charge is 0.310 e. The fourth-order valence-electron chi connectivity index (χ4n) is 1.01. The summed E-state index contributed by atoms with van der Waals surface area (Å²) in [5.74, 6) is -0.113. The number of hydrogen-bond donors (Lipinski definition) is 0. The second-order valence-electron chi connectivity index (χ2n) is 2.63. The van der Waals surface area contributed by atoms with E-state index in [1.165, 1.54) is 0 Å². The maximum absolute atomic E-state index is 10.8. The predicted octanol–water partition coefficient (Wildman–Crippen LogP) is 0.00530. The van der Waals surface area contributed by atoms with Crippen LogP contribution in [0.5, 0.6) is 0 Å². The lowest BCUT2D eigenvalue weighted by Crippen LogP contribution is -2.14. The van der Waals surface area contributed by atoms with Gasteiger partial charge in [-0.25, -0.2) is 0 Å². The van der Waals surface area contributed by atoms with Crippen LogP contribution >= 0.6 is 8.60 Å². The van der Waals surface area contributed by atoms with Crippen LogP contribution in [-0.2, 0) is 27.9 Å². The summed E-state index contributed by atoms with van der Waals surface area (Å²) in [6.45, 7) is 1.08. The van der Waals surface area contributed by atoms with Gasteiger partial charge in [-0.1, -0.05) is 0 Å². The normalized spacial score (nSPS) is 34.0. The van der Waals surface area contributed by atoms with Gasteiger partial charge in [-0.05, 0) is 0 Å². The number of hydrogen-bond acceptors (Lipinski definition) is 6. The van der Waals surface area contributed by atoms with Crippen LogP contribution in [-0.4, -0.2) is 40.1 Å². The molecule has 2 heterocycles. The van der Waals surface area contributed by atoms with Crippen molar-refractivity contribution in [3.8, 4) is 0 Å². The monoisotopic (exact) mass is 228 g/mol. The van der Waals surface area contributed by atoms with Crippen molar-refractivity contribution >= 4 is 18.7 Å². The molecule has 13 heavy (non-hydrogen) atoms. The van der Waals surface area contributed by atoms with E-state index in [0.29, 0.717) is 13.2 Å². The lowest BCUT2D eigenvalue weighted by atomic mass is 10.5. The Labute approximate surface area is 77.2 Å². The maximum Gasteiger partial charge on any atom is 0.333 e. The summed E-state index contributed by atoms with van der Waals surface area (Å²) < 4.78 is 41.5. The predicted molar refractivity (Wildman–Crippen MR) is 43.4 cm³/mol. The highest BCUT2D eigenvalue weighted by atomic mass is 32.2. The average Bonchev–Trinajstić information content (AvgIpc) is 2.61. The molecule has 76 valence electrons. The average molecular weight is 228 g/mol. The van der Waals surface area contributed by atoms with Crippen molar-refractivity contribution in [2.75, 3.05) is 25.6 Å². The van der Waals surface area contributed by atoms with Crippen LogP contribution in [0.2, 0.25) is 0 Å². The Hall–Kier alpha value is 0.220. The molecule has 2 fully saturated rings. The van der Waals surface area contributed by atoms with Gasteiger partial charge in [-0.2, -0.15) is 8.42 Å². The Balaban J connectivity index is 1.83. The van der Waals surface area contributed by atoms with E-state index in [1.54, 1.807) is 0 Å². The molecular weight excluding hydrogens is 219 g/mol. The first-order valence-electron chi connectivity index (χ1n) is 3.75. The molecule has 0 N–H and O–H groups in total. The molecular formula is C5H9O6PS. The second-order valence-corrected chi connectivity index (χ2v) is 5.49. The SMILES string of the molecule is O=S1(=O)CC(OP2OCCO2)CO1. The maximum atomic E-state index is 10.8. The van der Waals surface area contributed by atoms with Gasteiger partial charge in [0.2, 0.25) is 0 Å². The second kappa shape index (κ2) is 3.76. The van der Waals surface area contributed by atoms with Gasteiger partial charge in [0, 0.05) is 0 Å². The van der Waals surface area contributed by atoms with Gasteiger partial charge < -0.3 is 13.6 Å². The molecule has 0 aromatic heterocycles. The minimum Gasteiger partial charge on any atom is -0.310 e. The molecule has 2 rings (SSSR count). The van der Waals surface area contributed by atoms with Crippen LogP contribution in [0, 0.1) is 0 Å². The lowest BCUT2D eigenvalue weighted by Gasteiger charge is -2.10. The number of rotatable bonds is 2. The van der Waals surface area contributed by atoms with Crippen LogP contribution in [0.15, 0.2) is 0 Å². The third kappa shape index (κ3) is 2.59. The zero-order valence-corrected chi connectivity index (χ0v) is 8.42. The van der Waals surface area contributed by atoms with E-state index in [2.05, 4.69) is 4.18 Å². The molecule has 0 aromatic rings. The van der Waals surface area contributed by atoms with Crippen LogP contribution in [0.3, 0.4) is 0 Å². The quantitative estimate of drug-likeness (QED) is 0.489. The molecule has 0 saturated carbocycles. The highest BCUT2D eigenvalue weighted by Crippen LogP contribution is 2.45. The molecule has 0 bridgehead atoms. The van der Waals surface area contributed by atoms with Crippen molar-refractivity contribution in [3.63, 3.8) is 0 Å². The van der Waals surface area contributed by atoms with E-state index in [0.717, 1.165) is 0 Å². The topological polar surface area (TPSA) is 71.1 Å². The van der Waals surface area contributed by atoms with E-state index in [-0.39, 0.29) is 12.4 Å². The molecule has 1 unspecified atom stereocenters. The van der Waals surface area contributed by atoms with Gasteiger partial charge in [0.25, 0.3) is 10.1 Å². The first-order valence-corrected chi connectivity index (χ1v) is 6.43. The summed E-state index contributed by atoms with van der Waals surface area (Å²) >= 11 is 0. The van der Waals surface area contributed by atoms with Crippen molar-refractivity contribution in [3.05, 3.63) is 0 Å². The summed E-state index contributed by atoms with van der Waals surface area (Å²) in [4.78, 5) is 0. The molecule has 6 nitrogen and oxygen atoms in total.